The van der Waals surface area contributed by atoms with Crippen LogP contribution in [0.2, 0.25) is 0 Å². The number of fused-ring (bicyclic) bond motifs is 1. The topological polar surface area (TPSA) is 83.8 Å². The van der Waals surface area contributed by atoms with Crippen molar-refractivity contribution < 1.29 is 32.9 Å². The number of halogens is 3. The molecule has 1 atom stereocenters. The summed E-state index contributed by atoms with van der Waals surface area (Å²) in [6, 6.07) is 12.9. The van der Waals surface area contributed by atoms with Gasteiger partial charge in [0.2, 0.25) is 0 Å². The van der Waals surface area contributed by atoms with E-state index in [1.807, 2.05) is 18.2 Å². The Balaban J connectivity index is 1.49. The Labute approximate surface area is 182 Å². The molecule has 0 fully saturated rings. The molecule has 1 aliphatic heterocycles. The molecule has 0 radical (unpaired) electrons. The van der Waals surface area contributed by atoms with Crippen LogP contribution in [0.3, 0.4) is 0 Å². The summed E-state index contributed by atoms with van der Waals surface area (Å²) in [5.41, 5.74) is 3.45. The standard InChI is InChI=1S/C23H21F3N2O4/c24-23(25,26)32-17-4-1-14(2-5-17)15-3-6-18-16(8-10-31-21(18)11-15)12-28-20-13-27-9-7-19(20)22(29)30/h1-7,9,11,13,16,22,28-30H,8,10,12H2/t16-/m1/s1. The van der Waals surface area contributed by atoms with E-state index in [1.165, 1.54) is 18.3 Å². The average molecular weight is 446 g/mol. The van der Waals surface area contributed by atoms with Crippen molar-refractivity contribution in [3.63, 3.8) is 0 Å². The van der Waals surface area contributed by atoms with Gasteiger partial charge in [0.05, 0.1) is 18.5 Å². The van der Waals surface area contributed by atoms with Gasteiger partial charge >= 0.3 is 6.36 Å². The minimum atomic E-state index is -4.73. The molecule has 0 amide bonds. The molecule has 0 saturated carbocycles. The lowest BCUT2D eigenvalue weighted by Crippen LogP contribution is -2.21. The number of aliphatic hydroxyl groups is 2. The largest absolute Gasteiger partial charge is 0.573 e. The van der Waals surface area contributed by atoms with Crippen LogP contribution in [-0.2, 0) is 0 Å². The van der Waals surface area contributed by atoms with Crippen LogP contribution in [0.4, 0.5) is 18.9 Å². The van der Waals surface area contributed by atoms with Gasteiger partial charge < -0.3 is 25.0 Å². The summed E-state index contributed by atoms with van der Waals surface area (Å²) < 4.78 is 46.8. The Bertz CT molecular complexity index is 1070. The van der Waals surface area contributed by atoms with E-state index in [1.54, 1.807) is 24.4 Å². The van der Waals surface area contributed by atoms with Crippen molar-refractivity contribution in [1.29, 1.82) is 0 Å². The van der Waals surface area contributed by atoms with Crippen LogP contribution in [0.25, 0.3) is 11.1 Å². The minimum absolute atomic E-state index is 0.124. The van der Waals surface area contributed by atoms with Crippen molar-refractivity contribution in [2.75, 3.05) is 18.5 Å². The summed E-state index contributed by atoms with van der Waals surface area (Å²) in [6.45, 7) is 1.06. The maximum absolute atomic E-state index is 12.4. The van der Waals surface area contributed by atoms with E-state index in [-0.39, 0.29) is 11.7 Å². The van der Waals surface area contributed by atoms with E-state index >= 15 is 0 Å². The third-order valence-electron chi connectivity index (χ3n) is 5.27. The first-order valence-corrected chi connectivity index (χ1v) is 9.97. The monoisotopic (exact) mass is 446 g/mol. The molecule has 0 bridgehead atoms. The Kier molecular flexibility index (Phi) is 6.20. The number of ether oxygens (including phenoxy) is 2. The number of alkyl halides is 3. The fourth-order valence-corrected chi connectivity index (χ4v) is 3.72. The predicted molar refractivity (Wildman–Crippen MR) is 111 cm³/mol. The first kappa shape index (κ1) is 21.9. The number of pyridine rings is 1. The number of hydrogen-bond acceptors (Lipinski definition) is 6. The molecule has 1 aliphatic rings. The van der Waals surface area contributed by atoms with Crippen molar-refractivity contribution in [1.82, 2.24) is 4.98 Å². The number of rotatable bonds is 6. The molecule has 1 aromatic heterocycles. The quantitative estimate of drug-likeness (QED) is 0.480. The molecule has 9 heteroatoms. The minimum Gasteiger partial charge on any atom is -0.493 e. The van der Waals surface area contributed by atoms with Gasteiger partial charge in [-0.05, 0) is 47.4 Å². The van der Waals surface area contributed by atoms with Gasteiger partial charge in [-0.2, -0.15) is 0 Å². The number of benzene rings is 2. The number of aliphatic hydroxyl groups excluding tert-OH is 1. The predicted octanol–water partition coefficient (Wildman–Crippen LogP) is 4.61. The van der Waals surface area contributed by atoms with Crippen LogP contribution in [0, 0.1) is 0 Å². The van der Waals surface area contributed by atoms with E-state index in [0.717, 1.165) is 23.1 Å². The molecule has 0 aliphatic carbocycles. The van der Waals surface area contributed by atoms with Crippen LogP contribution in [0.15, 0.2) is 60.9 Å². The van der Waals surface area contributed by atoms with Gasteiger partial charge in [0, 0.05) is 24.2 Å². The van der Waals surface area contributed by atoms with Crippen LogP contribution in [0.1, 0.15) is 29.8 Å². The van der Waals surface area contributed by atoms with Crippen molar-refractivity contribution in [2.24, 2.45) is 0 Å². The summed E-state index contributed by atoms with van der Waals surface area (Å²) >= 11 is 0. The summed E-state index contributed by atoms with van der Waals surface area (Å²) in [5, 5.41) is 22.3. The molecule has 0 saturated heterocycles. The Morgan fingerprint density at radius 3 is 2.56 bits per heavy atom. The number of nitrogens with zero attached hydrogens (tertiary/aromatic N) is 1. The van der Waals surface area contributed by atoms with E-state index < -0.39 is 12.7 Å². The molecule has 2 aromatic carbocycles. The first-order chi connectivity index (χ1) is 15.3. The van der Waals surface area contributed by atoms with E-state index in [4.69, 9.17) is 4.74 Å². The maximum Gasteiger partial charge on any atom is 0.573 e. The molecule has 168 valence electrons. The molecule has 2 heterocycles. The molecular formula is C23H21F3N2O4. The molecular weight excluding hydrogens is 425 g/mol. The Hall–Kier alpha value is -3.30. The third-order valence-corrected chi connectivity index (χ3v) is 5.27. The van der Waals surface area contributed by atoms with Crippen molar-refractivity contribution in [3.05, 3.63) is 72.1 Å². The van der Waals surface area contributed by atoms with Crippen molar-refractivity contribution >= 4 is 5.69 Å². The zero-order chi connectivity index (χ0) is 22.7. The van der Waals surface area contributed by atoms with E-state index in [0.29, 0.717) is 30.2 Å². The van der Waals surface area contributed by atoms with Gasteiger partial charge in [-0.25, -0.2) is 0 Å². The number of nitrogens with one attached hydrogen (secondary N) is 1. The Morgan fingerprint density at radius 2 is 1.84 bits per heavy atom. The second-order valence-corrected chi connectivity index (χ2v) is 7.38. The number of hydrogen-bond donors (Lipinski definition) is 3. The van der Waals surface area contributed by atoms with Crippen LogP contribution < -0.4 is 14.8 Å². The smallest absolute Gasteiger partial charge is 0.493 e. The van der Waals surface area contributed by atoms with E-state index in [2.05, 4.69) is 15.0 Å². The second-order valence-electron chi connectivity index (χ2n) is 7.38. The van der Waals surface area contributed by atoms with Gasteiger partial charge in [-0.1, -0.05) is 24.3 Å². The first-order valence-electron chi connectivity index (χ1n) is 9.97. The van der Waals surface area contributed by atoms with Crippen LogP contribution >= 0.6 is 0 Å². The maximum atomic E-state index is 12.4. The van der Waals surface area contributed by atoms with Gasteiger partial charge in [-0.15, -0.1) is 13.2 Å². The molecule has 32 heavy (non-hydrogen) atoms. The fourth-order valence-electron chi connectivity index (χ4n) is 3.72. The van der Waals surface area contributed by atoms with Crippen molar-refractivity contribution in [3.8, 4) is 22.6 Å². The molecule has 3 aromatic rings. The number of anilines is 1. The molecule has 4 rings (SSSR count). The number of aromatic nitrogens is 1. The summed E-state index contributed by atoms with van der Waals surface area (Å²) in [6.07, 6.45) is -2.51. The highest BCUT2D eigenvalue weighted by molar-refractivity contribution is 5.67. The molecule has 0 spiro atoms. The lowest BCUT2D eigenvalue weighted by molar-refractivity contribution is -0.274. The zero-order valence-corrected chi connectivity index (χ0v) is 16.8. The normalized spacial score (nSPS) is 15.8. The van der Waals surface area contributed by atoms with Crippen LogP contribution in [0.5, 0.6) is 11.5 Å². The fraction of sp³-hybridized carbons (Fsp3) is 0.261. The SMILES string of the molecule is OC(O)c1ccncc1NC[C@H]1CCOc2cc(-c3ccc(OC(F)(F)F)cc3)ccc21. The lowest BCUT2D eigenvalue weighted by atomic mass is 9.91. The lowest BCUT2D eigenvalue weighted by Gasteiger charge is -2.27. The van der Waals surface area contributed by atoms with Gasteiger partial charge in [0.15, 0.2) is 6.29 Å². The summed E-state index contributed by atoms with van der Waals surface area (Å²) in [7, 11) is 0. The summed E-state index contributed by atoms with van der Waals surface area (Å²) in [4.78, 5) is 4.03. The van der Waals surface area contributed by atoms with Crippen LogP contribution in [-0.4, -0.2) is 34.7 Å². The highest BCUT2D eigenvalue weighted by atomic mass is 19.4. The molecule has 6 nitrogen and oxygen atoms in total. The van der Waals surface area contributed by atoms with Gasteiger partial charge in [0.1, 0.15) is 11.5 Å². The Morgan fingerprint density at radius 1 is 1.09 bits per heavy atom. The van der Waals surface area contributed by atoms with Gasteiger partial charge in [0.25, 0.3) is 0 Å². The second kappa shape index (κ2) is 9.05. The summed E-state index contributed by atoms with van der Waals surface area (Å²) in [5.74, 6) is 0.563. The van der Waals surface area contributed by atoms with E-state index in [9.17, 15) is 23.4 Å². The van der Waals surface area contributed by atoms with Crippen molar-refractivity contribution in [2.45, 2.75) is 25.0 Å². The molecule has 0 unspecified atom stereocenters. The highest BCUT2D eigenvalue weighted by Crippen LogP contribution is 2.37. The van der Waals surface area contributed by atoms with Gasteiger partial charge in [-0.3, -0.25) is 4.98 Å². The highest BCUT2D eigenvalue weighted by Gasteiger charge is 2.31. The third kappa shape index (κ3) is 5.12. The average Bonchev–Trinajstić information content (AvgIpc) is 2.77. The molecule has 3 N–H and O–H groups in total. The zero-order valence-electron chi connectivity index (χ0n) is 16.8.